The van der Waals surface area contributed by atoms with Crippen molar-refractivity contribution in [2.45, 2.75) is 32.7 Å². The number of carbonyl (C=O) groups is 2. The van der Waals surface area contributed by atoms with E-state index in [1.807, 2.05) is 6.92 Å². The third kappa shape index (κ3) is 2.70. The predicted molar refractivity (Wildman–Crippen MR) is 72.6 cm³/mol. The van der Waals surface area contributed by atoms with Crippen LogP contribution in [0.5, 0.6) is 0 Å². The van der Waals surface area contributed by atoms with Gasteiger partial charge >= 0.3 is 12.0 Å². The first-order chi connectivity index (χ1) is 9.00. The summed E-state index contributed by atoms with van der Waals surface area (Å²) in [5.74, 6) is -0.983. The van der Waals surface area contributed by atoms with E-state index in [1.165, 1.54) is 6.07 Å². The number of aromatic carboxylic acids is 1. The number of likely N-dealkylation sites (tertiary alicyclic amines) is 1. The fourth-order valence-electron chi connectivity index (χ4n) is 2.42. The van der Waals surface area contributed by atoms with Crippen LogP contribution in [0.3, 0.4) is 0 Å². The number of hydrogen-bond acceptors (Lipinski definition) is 2. The Balaban J connectivity index is 2.17. The maximum atomic E-state index is 12.1. The van der Waals surface area contributed by atoms with Gasteiger partial charge in [-0.2, -0.15) is 0 Å². The molecular formula is C14H18N2O3. The topological polar surface area (TPSA) is 69.6 Å². The van der Waals surface area contributed by atoms with Crippen LogP contribution in [0.4, 0.5) is 10.5 Å². The minimum Gasteiger partial charge on any atom is -0.478 e. The van der Waals surface area contributed by atoms with Crippen molar-refractivity contribution in [3.63, 3.8) is 0 Å². The van der Waals surface area contributed by atoms with E-state index in [-0.39, 0.29) is 17.6 Å². The zero-order chi connectivity index (χ0) is 14.0. The monoisotopic (exact) mass is 262 g/mol. The quantitative estimate of drug-likeness (QED) is 0.861. The van der Waals surface area contributed by atoms with Gasteiger partial charge in [-0.25, -0.2) is 9.59 Å². The summed E-state index contributed by atoms with van der Waals surface area (Å²) in [4.78, 5) is 25.0. The van der Waals surface area contributed by atoms with Gasteiger partial charge in [0.25, 0.3) is 0 Å². The van der Waals surface area contributed by atoms with Crippen molar-refractivity contribution in [1.29, 1.82) is 0 Å². The predicted octanol–water partition coefficient (Wildman–Crippen LogP) is 2.71. The molecule has 1 saturated heterocycles. The molecule has 2 rings (SSSR count). The molecule has 0 saturated carbocycles. The van der Waals surface area contributed by atoms with Crippen LogP contribution in [0.15, 0.2) is 18.2 Å². The van der Waals surface area contributed by atoms with Gasteiger partial charge < -0.3 is 15.3 Å². The third-order valence-corrected chi connectivity index (χ3v) is 3.62. The standard InChI is InChI=1S/C14H18N2O3/c1-9-5-4-8-16(9)14(19)15-12-7-3-6-11(10(12)2)13(17)18/h3,6-7,9H,4-5,8H2,1-2H3,(H,15,19)(H,17,18). The van der Waals surface area contributed by atoms with E-state index >= 15 is 0 Å². The molecule has 1 aromatic carbocycles. The van der Waals surface area contributed by atoms with Gasteiger partial charge in [-0.1, -0.05) is 6.07 Å². The number of carboxylic acid groups (broad SMARTS) is 1. The first kappa shape index (κ1) is 13.4. The molecule has 5 nitrogen and oxygen atoms in total. The largest absolute Gasteiger partial charge is 0.478 e. The van der Waals surface area contributed by atoms with E-state index in [4.69, 9.17) is 5.11 Å². The van der Waals surface area contributed by atoms with Crippen LogP contribution in [0.2, 0.25) is 0 Å². The van der Waals surface area contributed by atoms with Gasteiger partial charge in [0.05, 0.1) is 5.56 Å². The van der Waals surface area contributed by atoms with Crippen molar-refractivity contribution in [3.05, 3.63) is 29.3 Å². The second-order valence-corrected chi connectivity index (χ2v) is 4.90. The maximum Gasteiger partial charge on any atom is 0.336 e. The molecule has 1 heterocycles. The van der Waals surface area contributed by atoms with E-state index in [2.05, 4.69) is 5.32 Å². The SMILES string of the molecule is Cc1c(NC(=O)N2CCCC2C)cccc1C(=O)O. The average Bonchev–Trinajstić information content (AvgIpc) is 2.77. The van der Waals surface area contributed by atoms with E-state index in [0.29, 0.717) is 11.3 Å². The van der Waals surface area contributed by atoms with Crippen molar-refractivity contribution >= 4 is 17.7 Å². The molecule has 1 aromatic rings. The number of benzene rings is 1. The minimum absolute atomic E-state index is 0.157. The lowest BCUT2D eigenvalue weighted by Gasteiger charge is -2.22. The molecule has 102 valence electrons. The Labute approximate surface area is 112 Å². The zero-order valence-corrected chi connectivity index (χ0v) is 11.1. The zero-order valence-electron chi connectivity index (χ0n) is 11.1. The highest BCUT2D eigenvalue weighted by Gasteiger charge is 2.25. The van der Waals surface area contributed by atoms with Gasteiger partial charge in [0.2, 0.25) is 0 Å². The van der Waals surface area contributed by atoms with Crippen molar-refractivity contribution in [3.8, 4) is 0 Å². The molecule has 0 bridgehead atoms. The highest BCUT2D eigenvalue weighted by atomic mass is 16.4. The summed E-state index contributed by atoms with van der Waals surface area (Å²) in [7, 11) is 0. The molecule has 0 spiro atoms. The molecule has 2 amide bonds. The van der Waals surface area contributed by atoms with E-state index in [1.54, 1.807) is 24.0 Å². The summed E-state index contributed by atoms with van der Waals surface area (Å²) in [6.45, 7) is 4.48. The van der Waals surface area contributed by atoms with Crippen LogP contribution in [-0.4, -0.2) is 34.6 Å². The lowest BCUT2D eigenvalue weighted by Crippen LogP contribution is -2.37. The average molecular weight is 262 g/mol. The first-order valence-corrected chi connectivity index (χ1v) is 6.41. The van der Waals surface area contributed by atoms with Crippen LogP contribution < -0.4 is 5.32 Å². The van der Waals surface area contributed by atoms with Crippen LogP contribution in [-0.2, 0) is 0 Å². The van der Waals surface area contributed by atoms with E-state index < -0.39 is 5.97 Å². The van der Waals surface area contributed by atoms with Crippen molar-refractivity contribution in [2.24, 2.45) is 0 Å². The molecule has 1 fully saturated rings. The Kier molecular flexibility index (Phi) is 3.74. The number of carbonyl (C=O) groups excluding carboxylic acids is 1. The van der Waals surface area contributed by atoms with E-state index in [9.17, 15) is 9.59 Å². The Morgan fingerprint density at radius 2 is 2.16 bits per heavy atom. The Hall–Kier alpha value is -2.04. The number of nitrogens with one attached hydrogen (secondary N) is 1. The number of hydrogen-bond donors (Lipinski definition) is 2. The molecule has 1 atom stereocenters. The van der Waals surface area contributed by atoms with Gasteiger partial charge in [-0.15, -0.1) is 0 Å². The molecular weight excluding hydrogens is 244 g/mol. The van der Waals surface area contributed by atoms with Gasteiger partial charge in [-0.3, -0.25) is 0 Å². The number of rotatable bonds is 2. The van der Waals surface area contributed by atoms with Crippen molar-refractivity contribution < 1.29 is 14.7 Å². The van der Waals surface area contributed by atoms with Gasteiger partial charge in [0, 0.05) is 18.3 Å². The third-order valence-electron chi connectivity index (χ3n) is 3.62. The van der Waals surface area contributed by atoms with E-state index in [0.717, 1.165) is 19.4 Å². The molecule has 1 unspecified atom stereocenters. The normalized spacial score (nSPS) is 18.4. The summed E-state index contributed by atoms with van der Waals surface area (Å²) in [6, 6.07) is 4.98. The Morgan fingerprint density at radius 3 is 2.74 bits per heavy atom. The highest BCUT2D eigenvalue weighted by molar-refractivity contribution is 5.95. The smallest absolute Gasteiger partial charge is 0.336 e. The summed E-state index contributed by atoms with van der Waals surface area (Å²) in [6.07, 6.45) is 2.03. The molecule has 19 heavy (non-hydrogen) atoms. The van der Waals surface area contributed by atoms with Crippen LogP contribution >= 0.6 is 0 Å². The molecule has 0 aromatic heterocycles. The molecule has 2 N–H and O–H groups in total. The van der Waals surface area contributed by atoms with Crippen LogP contribution in [0.25, 0.3) is 0 Å². The Bertz CT molecular complexity index is 513. The first-order valence-electron chi connectivity index (χ1n) is 6.41. The summed E-state index contributed by atoms with van der Waals surface area (Å²) in [5.41, 5.74) is 1.35. The summed E-state index contributed by atoms with van der Waals surface area (Å²) in [5, 5.41) is 11.9. The number of nitrogens with zero attached hydrogens (tertiary/aromatic N) is 1. The fraction of sp³-hybridized carbons (Fsp3) is 0.429. The number of anilines is 1. The molecule has 1 aliphatic rings. The van der Waals surface area contributed by atoms with Crippen LogP contribution in [0.1, 0.15) is 35.7 Å². The molecule has 1 aliphatic heterocycles. The summed E-state index contributed by atoms with van der Waals surface area (Å²) < 4.78 is 0. The van der Waals surface area contributed by atoms with Gasteiger partial charge in [-0.05, 0) is 44.4 Å². The summed E-state index contributed by atoms with van der Waals surface area (Å²) >= 11 is 0. The number of urea groups is 1. The van der Waals surface area contributed by atoms with Crippen molar-refractivity contribution in [1.82, 2.24) is 4.90 Å². The lowest BCUT2D eigenvalue weighted by atomic mass is 10.1. The second-order valence-electron chi connectivity index (χ2n) is 4.90. The second kappa shape index (κ2) is 5.30. The molecule has 0 aliphatic carbocycles. The van der Waals surface area contributed by atoms with Crippen LogP contribution in [0, 0.1) is 6.92 Å². The number of carboxylic acids is 1. The number of amides is 2. The molecule has 5 heteroatoms. The highest BCUT2D eigenvalue weighted by Crippen LogP contribution is 2.22. The van der Waals surface area contributed by atoms with Crippen molar-refractivity contribution in [2.75, 3.05) is 11.9 Å². The fourth-order valence-corrected chi connectivity index (χ4v) is 2.42. The van der Waals surface area contributed by atoms with Gasteiger partial charge in [0.15, 0.2) is 0 Å². The lowest BCUT2D eigenvalue weighted by molar-refractivity contribution is 0.0696. The van der Waals surface area contributed by atoms with Gasteiger partial charge in [0.1, 0.15) is 0 Å². The molecule has 0 radical (unpaired) electrons. The Morgan fingerprint density at radius 1 is 1.42 bits per heavy atom. The minimum atomic E-state index is -0.983. The maximum absolute atomic E-state index is 12.1.